The molecular weight excluding hydrogens is 216 g/mol. The van der Waals surface area contributed by atoms with Gasteiger partial charge in [-0.05, 0) is 26.7 Å². The first kappa shape index (κ1) is 18.5. The molecule has 0 N–H and O–H groups in total. The predicted octanol–water partition coefficient (Wildman–Crippen LogP) is 3.73. The van der Waals surface area contributed by atoms with Gasteiger partial charge in [0.25, 0.3) is 0 Å². The summed E-state index contributed by atoms with van der Waals surface area (Å²) >= 11 is 0. The number of rotatable bonds is 8. The number of hydrogen-bond acceptors (Lipinski definition) is 3. The second kappa shape index (κ2) is 15.2. The van der Waals surface area contributed by atoms with Gasteiger partial charge in [0.05, 0.1) is 12.7 Å². The summed E-state index contributed by atoms with van der Waals surface area (Å²) in [6.45, 7) is 13.0. The minimum atomic E-state index is -0.330. The van der Waals surface area contributed by atoms with Crippen LogP contribution in [0, 0.1) is 0 Å². The maximum atomic E-state index is 10.3. The third-order valence-electron chi connectivity index (χ3n) is 1.86. The lowest BCUT2D eigenvalue weighted by atomic mass is 10.3. The predicted molar refractivity (Wildman–Crippen MR) is 72.1 cm³/mol. The van der Waals surface area contributed by atoms with E-state index in [0.717, 1.165) is 19.4 Å². The SMILES string of the molecule is C=CC(=O)OCCCC.CCCCOC(C)C. The average Bonchev–Trinajstić information content (AvgIpc) is 2.30. The number of unbranched alkanes of at least 4 members (excludes halogenated alkanes) is 2. The van der Waals surface area contributed by atoms with Crippen LogP contribution < -0.4 is 0 Å². The Kier molecular flexibility index (Phi) is 16.5. The summed E-state index contributed by atoms with van der Waals surface area (Å²) in [4.78, 5) is 10.3. The van der Waals surface area contributed by atoms with E-state index in [1.165, 1.54) is 18.9 Å². The fourth-order valence-corrected chi connectivity index (χ4v) is 0.839. The zero-order valence-corrected chi connectivity index (χ0v) is 11.8. The molecule has 0 spiro atoms. The first-order valence-corrected chi connectivity index (χ1v) is 6.49. The van der Waals surface area contributed by atoms with Crippen molar-refractivity contribution in [1.82, 2.24) is 0 Å². The average molecular weight is 244 g/mol. The topological polar surface area (TPSA) is 35.5 Å². The number of carbonyl (C=O) groups is 1. The summed E-state index contributed by atoms with van der Waals surface area (Å²) in [6, 6.07) is 0. The first-order valence-electron chi connectivity index (χ1n) is 6.49. The summed E-state index contributed by atoms with van der Waals surface area (Å²) in [5.74, 6) is -0.330. The molecule has 0 aromatic rings. The zero-order valence-electron chi connectivity index (χ0n) is 11.8. The van der Waals surface area contributed by atoms with E-state index in [1.54, 1.807) is 0 Å². The Morgan fingerprint density at radius 3 is 2.12 bits per heavy atom. The van der Waals surface area contributed by atoms with Gasteiger partial charge in [-0.3, -0.25) is 0 Å². The van der Waals surface area contributed by atoms with Crippen molar-refractivity contribution < 1.29 is 14.3 Å². The quantitative estimate of drug-likeness (QED) is 0.371. The highest BCUT2D eigenvalue weighted by Gasteiger charge is 1.91. The van der Waals surface area contributed by atoms with E-state index in [1.807, 2.05) is 6.92 Å². The van der Waals surface area contributed by atoms with Crippen molar-refractivity contribution in [3.8, 4) is 0 Å². The molecule has 0 aliphatic heterocycles. The van der Waals surface area contributed by atoms with Gasteiger partial charge in [0, 0.05) is 12.7 Å². The lowest BCUT2D eigenvalue weighted by molar-refractivity contribution is -0.137. The van der Waals surface area contributed by atoms with Crippen LogP contribution in [0.15, 0.2) is 12.7 Å². The van der Waals surface area contributed by atoms with Gasteiger partial charge in [-0.25, -0.2) is 4.79 Å². The van der Waals surface area contributed by atoms with E-state index < -0.39 is 0 Å². The summed E-state index contributed by atoms with van der Waals surface area (Å²) < 4.78 is 9.96. The monoisotopic (exact) mass is 244 g/mol. The van der Waals surface area contributed by atoms with Crippen molar-refractivity contribution >= 4 is 5.97 Å². The molecule has 0 aromatic heterocycles. The van der Waals surface area contributed by atoms with Gasteiger partial charge >= 0.3 is 5.97 Å². The Labute approximate surface area is 106 Å². The van der Waals surface area contributed by atoms with E-state index in [0.29, 0.717) is 12.7 Å². The Morgan fingerprint density at radius 1 is 1.18 bits per heavy atom. The van der Waals surface area contributed by atoms with Crippen LogP contribution in [0.4, 0.5) is 0 Å². The van der Waals surface area contributed by atoms with Crippen molar-refractivity contribution in [3.05, 3.63) is 12.7 Å². The van der Waals surface area contributed by atoms with E-state index in [-0.39, 0.29) is 5.97 Å². The Bertz CT molecular complexity index is 176. The van der Waals surface area contributed by atoms with E-state index in [9.17, 15) is 4.79 Å². The maximum Gasteiger partial charge on any atom is 0.330 e. The molecule has 0 bridgehead atoms. The van der Waals surface area contributed by atoms with Gasteiger partial charge in [0.2, 0.25) is 0 Å². The number of ether oxygens (including phenoxy) is 2. The second-order valence-electron chi connectivity index (χ2n) is 4.00. The van der Waals surface area contributed by atoms with Crippen LogP contribution in [0.3, 0.4) is 0 Å². The standard InChI is InChI=1S/C7H12O2.C7H16O/c1-3-5-6-9-7(8)4-2;1-4-5-6-8-7(2)3/h4H,2-3,5-6H2,1H3;7H,4-6H2,1-3H3. The molecule has 0 saturated carbocycles. The van der Waals surface area contributed by atoms with Gasteiger partial charge in [-0.1, -0.05) is 33.3 Å². The highest BCUT2D eigenvalue weighted by atomic mass is 16.5. The molecule has 102 valence electrons. The maximum absolute atomic E-state index is 10.3. The smallest absolute Gasteiger partial charge is 0.330 e. The third kappa shape index (κ3) is 21.1. The number of esters is 1. The molecule has 0 unspecified atom stereocenters. The van der Waals surface area contributed by atoms with Gasteiger partial charge in [0.15, 0.2) is 0 Å². The van der Waals surface area contributed by atoms with Crippen LogP contribution in [0.2, 0.25) is 0 Å². The molecule has 0 fully saturated rings. The highest BCUT2D eigenvalue weighted by molar-refractivity contribution is 5.81. The summed E-state index contributed by atoms with van der Waals surface area (Å²) in [5.41, 5.74) is 0. The summed E-state index contributed by atoms with van der Waals surface area (Å²) in [5, 5.41) is 0. The van der Waals surface area contributed by atoms with Gasteiger partial charge < -0.3 is 9.47 Å². The van der Waals surface area contributed by atoms with Crippen LogP contribution in [-0.2, 0) is 14.3 Å². The molecule has 0 heterocycles. The molecule has 0 saturated heterocycles. The minimum Gasteiger partial charge on any atom is -0.463 e. The molecule has 0 aromatic carbocycles. The van der Waals surface area contributed by atoms with Gasteiger partial charge in [0.1, 0.15) is 0 Å². The van der Waals surface area contributed by atoms with Crippen LogP contribution in [0.1, 0.15) is 53.4 Å². The fourth-order valence-electron chi connectivity index (χ4n) is 0.839. The molecule has 0 atom stereocenters. The van der Waals surface area contributed by atoms with Crippen molar-refractivity contribution in [3.63, 3.8) is 0 Å². The summed E-state index contributed by atoms with van der Waals surface area (Å²) in [7, 11) is 0. The molecule has 0 amide bonds. The third-order valence-corrected chi connectivity index (χ3v) is 1.86. The highest BCUT2D eigenvalue weighted by Crippen LogP contribution is 1.92. The Hall–Kier alpha value is -0.830. The number of hydrogen-bond donors (Lipinski definition) is 0. The van der Waals surface area contributed by atoms with Gasteiger partial charge in [-0.15, -0.1) is 0 Å². The van der Waals surface area contributed by atoms with Crippen molar-refractivity contribution in [2.24, 2.45) is 0 Å². The minimum absolute atomic E-state index is 0.330. The Balaban J connectivity index is 0. The fraction of sp³-hybridized carbons (Fsp3) is 0.786. The number of carbonyl (C=O) groups excluding carboxylic acids is 1. The van der Waals surface area contributed by atoms with Crippen molar-refractivity contribution in [2.45, 2.75) is 59.5 Å². The largest absolute Gasteiger partial charge is 0.463 e. The molecular formula is C14H28O3. The van der Waals surface area contributed by atoms with E-state index in [4.69, 9.17) is 4.74 Å². The molecule has 17 heavy (non-hydrogen) atoms. The van der Waals surface area contributed by atoms with Crippen LogP contribution in [0.25, 0.3) is 0 Å². The van der Waals surface area contributed by atoms with Crippen molar-refractivity contribution in [1.29, 1.82) is 0 Å². The lowest BCUT2D eigenvalue weighted by Crippen LogP contribution is -2.02. The molecule has 0 radical (unpaired) electrons. The molecule has 0 aliphatic carbocycles. The molecule has 3 heteroatoms. The molecule has 0 aliphatic rings. The van der Waals surface area contributed by atoms with Crippen LogP contribution >= 0.6 is 0 Å². The lowest BCUT2D eigenvalue weighted by Gasteiger charge is -2.04. The second-order valence-corrected chi connectivity index (χ2v) is 4.00. The normalized spacial score (nSPS) is 9.47. The molecule has 0 rings (SSSR count). The van der Waals surface area contributed by atoms with Gasteiger partial charge in [-0.2, -0.15) is 0 Å². The van der Waals surface area contributed by atoms with E-state index in [2.05, 4.69) is 32.1 Å². The van der Waals surface area contributed by atoms with Crippen LogP contribution in [0.5, 0.6) is 0 Å². The Morgan fingerprint density at radius 2 is 1.71 bits per heavy atom. The summed E-state index contributed by atoms with van der Waals surface area (Å²) in [6.07, 6.45) is 5.98. The first-order chi connectivity index (χ1) is 8.08. The van der Waals surface area contributed by atoms with Crippen molar-refractivity contribution in [2.75, 3.05) is 13.2 Å². The van der Waals surface area contributed by atoms with Crippen LogP contribution in [-0.4, -0.2) is 25.3 Å². The van der Waals surface area contributed by atoms with E-state index >= 15 is 0 Å². The zero-order chi connectivity index (χ0) is 13.5. The molecule has 3 nitrogen and oxygen atoms in total.